The van der Waals surface area contributed by atoms with Crippen molar-refractivity contribution in [2.24, 2.45) is 28.6 Å². The number of hydrogen-bond acceptors (Lipinski definition) is 6. The van der Waals surface area contributed by atoms with Crippen molar-refractivity contribution in [3.8, 4) is 11.6 Å². The minimum atomic E-state index is -0.0302. The van der Waals surface area contributed by atoms with Crippen molar-refractivity contribution >= 4 is 0 Å². The Morgan fingerprint density at radius 1 is 0.623 bits per heavy atom. The molecule has 7 heteroatoms. The molecule has 1 aliphatic rings. The van der Waals surface area contributed by atoms with Crippen LogP contribution in [0.2, 0.25) is 0 Å². The molecule has 0 atom stereocenters. The summed E-state index contributed by atoms with van der Waals surface area (Å²) in [6, 6.07) is 21.7. The van der Waals surface area contributed by atoms with Crippen LogP contribution in [0.1, 0.15) is 207 Å². The van der Waals surface area contributed by atoms with Crippen LogP contribution in [-0.2, 0) is 21.7 Å². The molecule has 4 aromatic rings. The largest absolute Gasteiger partial charge is 0.492 e. The number of ether oxygens (including phenoxy) is 2. The van der Waals surface area contributed by atoms with E-state index in [9.17, 15) is 4.79 Å². The third-order valence-electron chi connectivity index (χ3n) is 11.4. The molecular formula is C62H106N4O3. The van der Waals surface area contributed by atoms with Crippen molar-refractivity contribution < 1.29 is 9.47 Å². The van der Waals surface area contributed by atoms with E-state index in [4.69, 9.17) is 9.47 Å². The Bertz CT molecular complexity index is 1970. The zero-order chi connectivity index (χ0) is 53.4. The lowest BCUT2D eigenvalue weighted by Gasteiger charge is -2.26. The molecule has 0 saturated heterocycles. The summed E-state index contributed by atoms with van der Waals surface area (Å²) in [5.41, 5.74) is 6.55. The van der Waals surface area contributed by atoms with Crippen molar-refractivity contribution in [2.75, 3.05) is 33.9 Å². The van der Waals surface area contributed by atoms with Gasteiger partial charge in [0.25, 0.3) is 0 Å². The minimum Gasteiger partial charge on any atom is -0.492 e. The Balaban J connectivity index is 0.000000818. The third kappa shape index (κ3) is 32.5. The fourth-order valence-corrected chi connectivity index (χ4v) is 7.31. The average molecular weight is 956 g/mol. The van der Waals surface area contributed by atoms with Gasteiger partial charge in [0.15, 0.2) is 0 Å². The van der Waals surface area contributed by atoms with E-state index < -0.39 is 0 Å². The van der Waals surface area contributed by atoms with E-state index in [2.05, 4.69) is 223 Å². The molecule has 0 radical (unpaired) electrons. The predicted molar refractivity (Wildman–Crippen MR) is 301 cm³/mol. The van der Waals surface area contributed by atoms with Crippen LogP contribution >= 0.6 is 0 Å². The normalized spacial score (nSPS) is 13.3. The Morgan fingerprint density at radius 3 is 1.51 bits per heavy atom. The van der Waals surface area contributed by atoms with Gasteiger partial charge in [0.1, 0.15) is 12.4 Å². The van der Waals surface area contributed by atoms with E-state index in [1.54, 1.807) is 6.07 Å². The summed E-state index contributed by atoms with van der Waals surface area (Å²) in [6.07, 6.45) is 12.8. The van der Waals surface area contributed by atoms with E-state index in [1.807, 2.05) is 36.8 Å². The van der Waals surface area contributed by atoms with Crippen molar-refractivity contribution in [3.63, 3.8) is 0 Å². The van der Waals surface area contributed by atoms with Gasteiger partial charge in [-0.3, -0.25) is 9.78 Å². The molecule has 5 rings (SSSR count). The monoisotopic (exact) mass is 955 g/mol. The average Bonchev–Trinajstić information content (AvgIpc) is 3.77. The van der Waals surface area contributed by atoms with Crippen LogP contribution in [0, 0.1) is 28.6 Å². The van der Waals surface area contributed by atoms with Gasteiger partial charge in [-0.15, -0.1) is 0 Å². The first-order valence-corrected chi connectivity index (χ1v) is 26.0. The first kappa shape index (κ1) is 65.0. The quantitative estimate of drug-likeness (QED) is 0.190. The third-order valence-corrected chi connectivity index (χ3v) is 11.4. The molecular weight excluding hydrogens is 849 g/mol. The molecule has 3 aromatic heterocycles. The second-order valence-corrected chi connectivity index (χ2v) is 26.4. The number of pyridine rings is 3. The molecule has 0 spiro atoms. The number of aromatic nitrogens is 3. The van der Waals surface area contributed by atoms with Crippen molar-refractivity contribution in [1.29, 1.82) is 0 Å². The van der Waals surface area contributed by atoms with Gasteiger partial charge >= 0.3 is 0 Å². The molecule has 7 nitrogen and oxygen atoms in total. The van der Waals surface area contributed by atoms with Crippen molar-refractivity contribution in [2.45, 2.75) is 206 Å². The summed E-state index contributed by atoms with van der Waals surface area (Å²) in [7, 11) is 4.10. The number of likely N-dealkylation sites (N-methyl/N-ethyl adjacent to an activating group) is 1. The Hall–Kier alpha value is -3.97. The van der Waals surface area contributed by atoms with E-state index >= 15 is 0 Å². The SMILES string of the molecule is CC(C)(C)C1CCCC1.CC(C)(C)c1cccc(=O)[nH]1.CC(C)(C)c1ccncc1.CC(C)CC(C)(C)C.CC(C)COc1ccc(C(C)(C)C)cn1.CN(C)CCOc1cccc(C(C)(C)C)c1. The van der Waals surface area contributed by atoms with Crippen LogP contribution in [0.25, 0.3) is 0 Å². The zero-order valence-corrected chi connectivity index (χ0v) is 49.0. The second-order valence-electron chi connectivity index (χ2n) is 26.4. The summed E-state index contributed by atoms with van der Waals surface area (Å²) >= 11 is 0. The van der Waals surface area contributed by atoms with E-state index in [-0.39, 0.29) is 27.2 Å². The lowest BCUT2D eigenvalue weighted by atomic mass is 9.80. The van der Waals surface area contributed by atoms with Crippen LogP contribution in [0.3, 0.4) is 0 Å². The fraction of sp³-hybridized carbons (Fsp3) is 0.661. The summed E-state index contributed by atoms with van der Waals surface area (Å²) in [5, 5.41) is 0. The van der Waals surface area contributed by atoms with Gasteiger partial charge in [0, 0.05) is 48.4 Å². The molecule has 1 fully saturated rings. The number of H-pyrrole nitrogens is 1. The lowest BCUT2D eigenvalue weighted by Crippen LogP contribution is -2.19. The summed E-state index contributed by atoms with van der Waals surface area (Å²) < 4.78 is 11.2. The maximum absolute atomic E-state index is 10.9. The topological polar surface area (TPSA) is 80.3 Å². The molecule has 1 N–H and O–H groups in total. The van der Waals surface area contributed by atoms with E-state index in [0.29, 0.717) is 16.7 Å². The number of rotatable bonds is 8. The van der Waals surface area contributed by atoms with Crippen LogP contribution in [0.5, 0.6) is 11.6 Å². The fourth-order valence-electron chi connectivity index (χ4n) is 7.31. The number of benzene rings is 1. The van der Waals surface area contributed by atoms with Crippen LogP contribution in [-0.4, -0.2) is 53.7 Å². The molecule has 392 valence electrons. The molecule has 0 unspecified atom stereocenters. The molecule has 69 heavy (non-hydrogen) atoms. The summed E-state index contributed by atoms with van der Waals surface area (Å²) in [5.74, 6) is 4.08. The van der Waals surface area contributed by atoms with E-state index in [0.717, 1.165) is 48.9 Å². The Kier molecular flexibility index (Phi) is 28.3. The molecule has 1 aromatic carbocycles. The van der Waals surface area contributed by atoms with Crippen LogP contribution < -0.4 is 15.0 Å². The van der Waals surface area contributed by atoms with Gasteiger partial charge in [0.2, 0.25) is 11.4 Å². The molecule has 3 heterocycles. The second kappa shape index (κ2) is 30.0. The first-order chi connectivity index (χ1) is 31.4. The zero-order valence-electron chi connectivity index (χ0n) is 49.0. The highest BCUT2D eigenvalue weighted by molar-refractivity contribution is 5.32. The highest BCUT2D eigenvalue weighted by atomic mass is 16.5. The van der Waals surface area contributed by atoms with Gasteiger partial charge in [-0.1, -0.05) is 189 Å². The maximum atomic E-state index is 10.9. The highest BCUT2D eigenvalue weighted by Gasteiger charge is 2.27. The minimum absolute atomic E-state index is 0.0282. The van der Waals surface area contributed by atoms with Crippen molar-refractivity contribution in [3.05, 3.63) is 118 Å². The number of nitrogens with zero attached hydrogens (tertiary/aromatic N) is 3. The van der Waals surface area contributed by atoms with Crippen LogP contribution in [0.15, 0.2) is 90.1 Å². The summed E-state index contributed by atoms with van der Waals surface area (Å²) in [6.45, 7) is 51.1. The summed E-state index contributed by atoms with van der Waals surface area (Å²) in [4.78, 5) is 24.0. The molecule has 0 amide bonds. The highest BCUT2D eigenvalue weighted by Crippen LogP contribution is 2.38. The van der Waals surface area contributed by atoms with Gasteiger partial charge in [-0.25, -0.2) is 4.98 Å². The first-order valence-electron chi connectivity index (χ1n) is 26.0. The van der Waals surface area contributed by atoms with Crippen molar-refractivity contribution in [1.82, 2.24) is 19.9 Å². The molecule has 1 saturated carbocycles. The smallest absolute Gasteiger partial charge is 0.248 e. The van der Waals surface area contributed by atoms with Gasteiger partial charge in [0.05, 0.1) is 6.61 Å². The van der Waals surface area contributed by atoms with E-state index in [1.165, 1.54) is 54.9 Å². The number of hydrogen-bond donors (Lipinski definition) is 1. The molecule has 1 aliphatic carbocycles. The van der Waals surface area contributed by atoms with Gasteiger partial charge < -0.3 is 19.4 Å². The Morgan fingerprint density at radius 2 is 1.16 bits per heavy atom. The maximum Gasteiger partial charge on any atom is 0.248 e. The number of nitrogens with one attached hydrogen (secondary N) is 1. The molecule has 0 bridgehead atoms. The predicted octanol–water partition coefficient (Wildman–Crippen LogP) is 16.7. The van der Waals surface area contributed by atoms with Gasteiger partial charge in [-0.2, -0.15) is 0 Å². The van der Waals surface area contributed by atoms with Crippen LogP contribution in [0.4, 0.5) is 0 Å². The number of aromatic amines is 1. The Labute approximate surface area is 425 Å². The standard InChI is InChI=1S/C14H23NO.C13H21NO.C9H13NO.C9H13N.C9H18.C8H18/c1-14(2,3)12-7-6-8-13(11-12)16-10-9-15(4)5;1-10(2)9-15-12-7-6-11(8-14-12)13(3,4)5;1-9(2,3)7-5-4-6-8(11)10-7;1-9(2,3)8-4-6-10-7-5-8;1-9(2,3)8-6-4-5-7-8;1-7(2)6-8(3,4)5/h6-8,11H,9-10H2,1-5H3;6-8,10H,9H2,1-5H3;4-6H,1-3H3,(H,10,11);4-7H,1-3H3;8H,4-7H2,1-3H3;7H,6H2,1-5H3. The van der Waals surface area contributed by atoms with Gasteiger partial charge in [-0.05, 0) is 125 Å². The lowest BCUT2D eigenvalue weighted by molar-refractivity contribution is 0.246. The molecule has 0 aliphatic heterocycles.